The van der Waals surface area contributed by atoms with E-state index in [0.29, 0.717) is 11.3 Å². The van der Waals surface area contributed by atoms with Gasteiger partial charge in [-0.25, -0.2) is 0 Å². The second-order valence-corrected chi connectivity index (χ2v) is 5.28. The highest BCUT2D eigenvalue weighted by molar-refractivity contribution is 6.21. The monoisotopic (exact) mass is 289 g/mol. The summed E-state index contributed by atoms with van der Waals surface area (Å²) < 4.78 is 0. The van der Waals surface area contributed by atoms with Gasteiger partial charge in [-0.3, -0.25) is 4.79 Å². The Balaban J connectivity index is 2.31. The van der Waals surface area contributed by atoms with Crippen LogP contribution in [0, 0.1) is 6.92 Å². The Hall–Kier alpha value is -2.00. The standard InChI is InChI=1S/C16H16ClNO2/c1-10-6-5-8-13(15(10)19)16(20)18-14-9-4-3-7-12(14)11(2)17/h3-9,11,19H,1-2H3,(H,18,20). The van der Waals surface area contributed by atoms with Crippen LogP contribution in [0.4, 0.5) is 5.69 Å². The molecule has 0 aliphatic heterocycles. The van der Waals surface area contributed by atoms with Crippen LogP contribution in [0.1, 0.15) is 33.8 Å². The third-order valence-corrected chi connectivity index (χ3v) is 3.36. The average molecular weight is 290 g/mol. The van der Waals surface area contributed by atoms with Crippen molar-refractivity contribution < 1.29 is 9.90 Å². The Morgan fingerprint density at radius 1 is 1.20 bits per heavy atom. The number of carbonyl (C=O) groups excluding carboxylic acids is 1. The molecule has 1 unspecified atom stereocenters. The SMILES string of the molecule is Cc1cccc(C(=O)Nc2ccccc2C(C)Cl)c1O. The second kappa shape index (κ2) is 5.97. The minimum absolute atomic E-state index is 0.00130. The lowest BCUT2D eigenvalue weighted by molar-refractivity contribution is 0.102. The molecule has 3 nitrogen and oxygen atoms in total. The van der Waals surface area contributed by atoms with E-state index in [-0.39, 0.29) is 22.6 Å². The summed E-state index contributed by atoms with van der Waals surface area (Å²) in [7, 11) is 0. The van der Waals surface area contributed by atoms with Crippen LogP contribution in [-0.4, -0.2) is 11.0 Å². The van der Waals surface area contributed by atoms with Crippen molar-refractivity contribution in [3.05, 3.63) is 59.2 Å². The molecule has 0 saturated heterocycles. The molecule has 2 aromatic carbocycles. The highest BCUT2D eigenvalue weighted by Gasteiger charge is 2.15. The molecule has 0 fully saturated rings. The number of aryl methyl sites for hydroxylation is 1. The van der Waals surface area contributed by atoms with Gasteiger partial charge in [0.15, 0.2) is 0 Å². The summed E-state index contributed by atoms with van der Waals surface area (Å²) in [5.41, 5.74) is 2.41. The van der Waals surface area contributed by atoms with Crippen molar-refractivity contribution in [2.45, 2.75) is 19.2 Å². The summed E-state index contributed by atoms with van der Waals surface area (Å²) in [6.07, 6.45) is 0. The van der Waals surface area contributed by atoms with Gasteiger partial charge in [-0.2, -0.15) is 0 Å². The van der Waals surface area contributed by atoms with Crippen LogP contribution in [0.3, 0.4) is 0 Å². The molecule has 104 valence electrons. The molecule has 4 heteroatoms. The number of aromatic hydroxyl groups is 1. The summed E-state index contributed by atoms with van der Waals surface area (Å²) in [4.78, 5) is 12.2. The normalized spacial score (nSPS) is 11.9. The molecule has 0 aromatic heterocycles. The number of alkyl halides is 1. The first kappa shape index (κ1) is 14.4. The molecule has 2 N–H and O–H groups in total. The molecule has 0 aliphatic rings. The fourth-order valence-electron chi connectivity index (χ4n) is 1.99. The Morgan fingerprint density at radius 3 is 2.60 bits per heavy atom. The number of benzene rings is 2. The van der Waals surface area contributed by atoms with E-state index in [1.807, 2.05) is 25.1 Å². The maximum Gasteiger partial charge on any atom is 0.259 e. The number of amides is 1. The van der Waals surface area contributed by atoms with Gasteiger partial charge in [-0.1, -0.05) is 30.3 Å². The van der Waals surface area contributed by atoms with Gasteiger partial charge < -0.3 is 10.4 Å². The Bertz CT molecular complexity index is 638. The minimum atomic E-state index is -0.351. The number of para-hydroxylation sites is 2. The molecular formula is C16H16ClNO2. The molecule has 0 spiro atoms. The van der Waals surface area contributed by atoms with Crippen molar-refractivity contribution in [1.82, 2.24) is 0 Å². The third-order valence-electron chi connectivity index (χ3n) is 3.12. The molecule has 0 heterocycles. The number of nitrogens with one attached hydrogen (secondary N) is 1. The molecule has 0 saturated carbocycles. The van der Waals surface area contributed by atoms with Crippen LogP contribution >= 0.6 is 11.6 Å². The van der Waals surface area contributed by atoms with Crippen LogP contribution < -0.4 is 5.32 Å². The third kappa shape index (κ3) is 2.94. The van der Waals surface area contributed by atoms with Gasteiger partial charge in [-0.15, -0.1) is 11.6 Å². The number of hydrogen-bond acceptors (Lipinski definition) is 2. The van der Waals surface area contributed by atoms with Gasteiger partial charge in [0, 0.05) is 5.69 Å². The average Bonchev–Trinajstić information content (AvgIpc) is 2.42. The highest BCUT2D eigenvalue weighted by Crippen LogP contribution is 2.28. The van der Waals surface area contributed by atoms with Crippen LogP contribution in [0.25, 0.3) is 0 Å². The van der Waals surface area contributed by atoms with Gasteiger partial charge in [0.05, 0.1) is 10.9 Å². The number of phenolic OH excluding ortho intramolecular Hbond substituents is 1. The lowest BCUT2D eigenvalue weighted by atomic mass is 10.1. The van der Waals surface area contributed by atoms with Gasteiger partial charge in [0.2, 0.25) is 0 Å². The zero-order valence-electron chi connectivity index (χ0n) is 11.4. The van der Waals surface area contributed by atoms with Crippen molar-refractivity contribution in [3.8, 4) is 5.75 Å². The number of hydrogen-bond donors (Lipinski definition) is 2. The van der Waals surface area contributed by atoms with E-state index in [4.69, 9.17) is 11.6 Å². The summed E-state index contributed by atoms with van der Waals surface area (Å²) in [5.74, 6) is -0.350. The van der Waals surface area contributed by atoms with E-state index in [0.717, 1.165) is 5.56 Å². The largest absolute Gasteiger partial charge is 0.507 e. The van der Waals surface area contributed by atoms with Gasteiger partial charge in [0.25, 0.3) is 5.91 Å². The van der Waals surface area contributed by atoms with E-state index in [1.54, 1.807) is 31.2 Å². The predicted molar refractivity (Wildman–Crippen MR) is 81.5 cm³/mol. The summed E-state index contributed by atoms with van der Waals surface area (Å²) in [5, 5.41) is 12.5. The van der Waals surface area contributed by atoms with E-state index in [2.05, 4.69) is 5.32 Å². The molecule has 2 rings (SSSR count). The maximum atomic E-state index is 12.2. The summed E-state index contributed by atoms with van der Waals surface area (Å²) >= 11 is 6.09. The highest BCUT2D eigenvalue weighted by atomic mass is 35.5. The summed E-state index contributed by atoms with van der Waals surface area (Å²) in [6.45, 7) is 3.59. The zero-order chi connectivity index (χ0) is 14.7. The van der Waals surface area contributed by atoms with Crippen molar-refractivity contribution in [2.75, 3.05) is 5.32 Å². The maximum absolute atomic E-state index is 12.2. The molecule has 2 aromatic rings. The van der Waals surface area contributed by atoms with Crippen molar-refractivity contribution >= 4 is 23.2 Å². The Labute approximate surface area is 123 Å². The number of halogens is 1. The van der Waals surface area contributed by atoms with Crippen LogP contribution in [0.2, 0.25) is 0 Å². The molecule has 0 bridgehead atoms. The first-order valence-electron chi connectivity index (χ1n) is 6.33. The molecule has 0 radical (unpaired) electrons. The van der Waals surface area contributed by atoms with Crippen LogP contribution in [0.15, 0.2) is 42.5 Å². The molecule has 1 amide bonds. The van der Waals surface area contributed by atoms with Crippen LogP contribution in [0.5, 0.6) is 5.75 Å². The van der Waals surface area contributed by atoms with Crippen LogP contribution in [-0.2, 0) is 0 Å². The number of carbonyl (C=O) groups is 1. The van der Waals surface area contributed by atoms with E-state index >= 15 is 0 Å². The van der Waals surface area contributed by atoms with Gasteiger partial charge in [-0.05, 0) is 37.1 Å². The predicted octanol–water partition coefficient (Wildman–Crippen LogP) is 4.25. The number of anilines is 1. The van der Waals surface area contributed by atoms with Crippen molar-refractivity contribution in [1.29, 1.82) is 0 Å². The summed E-state index contributed by atoms with van der Waals surface area (Å²) in [6, 6.07) is 12.4. The van der Waals surface area contributed by atoms with Gasteiger partial charge in [0.1, 0.15) is 5.75 Å². The van der Waals surface area contributed by atoms with E-state index < -0.39 is 0 Å². The quantitative estimate of drug-likeness (QED) is 0.830. The fourth-order valence-corrected chi connectivity index (χ4v) is 2.18. The Morgan fingerprint density at radius 2 is 1.90 bits per heavy atom. The topological polar surface area (TPSA) is 49.3 Å². The first-order chi connectivity index (χ1) is 9.50. The van der Waals surface area contributed by atoms with E-state index in [1.165, 1.54) is 0 Å². The Kier molecular flexibility index (Phi) is 4.30. The van der Waals surface area contributed by atoms with Gasteiger partial charge >= 0.3 is 0 Å². The first-order valence-corrected chi connectivity index (χ1v) is 6.77. The molecule has 0 aliphatic carbocycles. The smallest absolute Gasteiger partial charge is 0.259 e. The minimum Gasteiger partial charge on any atom is -0.507 e. The second-order valence-electron chi connectivity index (χ2n) is 4.63. The zero-order valence-corrected chi connectivity index (χ0v) is 12.1. The number of phenols is 1. The number of rotatable bonds is 3. The molecular weight excluding hydrogens is 274 g/mol. The van der Waals surface area contributed by atoms with E-state index in [9.17, 15) is 9.90 Å². The lowest BCUT2D eigenvalue weighted by Gasteiger charge is -2.13. The molecule has 20 heavy (non-hydrogen) atoms. The lowest BCUT2D eigenvalue weighted by Crippen LogP contribution is -2.14. The van der Waals surface area contributed by atoms with Crippen molar-refractivity contribution in [3.63, 3.8) is 0 Å². The van der Waals surface area contributed by atoms with Crippen molar-refractivity contribution in [2.24, 2.45) is 0 Å². The fraction of sp³-hybridized carbons (Fsp3) is 0.188. The molecule has 1 atom stereocenters.